The standard InChI is InChI=1S/C20H25NO5S/c1-5-25-19(22)13-26-16-9-11-17(12-10-16)27(23,24)21-20-15(4)7-6-8-18(20)14(2)3/h6-12,14,21H,5,13H2,1-4H3. The first-order chi connectivity index (χ1) is 12.7. The Balaban J connectivity index is 2.17. The predicted molar refractivity (Wildman–Crippen MR) is 105 cm³/mol. The minimum Gasteiger partial charge on any atom is -0.482 e. The number of benzene rings is 2. The van der Waals surface area contributed by atoms with Gasteiger partial charge in [-0.1, -0.05) is 32.0 Å². The molecular formula is C20H25NO5S. The van der Waals surface area contributed by atoms with Gasteiger partial charge in [-0.3, -0.25) is 4.72 Å². The van der Waals surface area contributed by atoms with Crippen LogP contribution < -0.4 is 9.46 Å². The molecule has 0 fully saturated rings. The molecule has 0 spiro atoms. The lowest BCUT2D eigenvalue weighted by Crippen LogP contribution is -2.16. The molecule has 0 aliphatic carbocycles. The summed E-state index contributed by atoms with van der Waals surface area (Å²) in [6.45, 7) is 7.67. The van der Waals surface area contributed by atoms with Crippen LogP contribution in [0.2, 0.25) is 0 Å². The zero-order chi connectivity index (χ0) is 20.0. The van der Waals surface area contributed by atoms with Gasteiger partial charge in [-0.05, 0) is 55.2 Å². The van der Waals surface area contributed by atoms with Crippen molar-refractivity contribution in [3.05, 3.63) is 53.6 Å². The monoisotopic (exact) mass is 391 g/mol. The second-order valence-corrected chi connectivity index (χ2v) is 8.05. The molecule has 6 nitrogen and oxygen atoms in total. The number of sulfonamides is 1. The van der Waals surface area contributed by atoms with Crippen LogP contribution in [-0.4, -0.2) is 27.6 Å². The molecule has 146 valence electrons. The molecule has 0 aliphatic rings. The molecule has 0 aliphatic heterocycles. The largest absolute Gasteiger partial charge is 0.482 e. The molecule has 0 heterocycles. The molecule has 2 aromatic rings. The summed E-state index contributed by atoms with van der Waals surface area (Å²) in [5, 5.41) is 0. The molecule has 0 saturated heterocycles. The van der Waals surface area contributed by atoms with E-state index >= 15 is 0 Å². The van der Waals surface area contributed by atoms with Crippen LogP contribution in [0, 0.1) is 6.92 Å². The first kappa shape index (κ1) is 20.8. The minimum atomic E-state index is -3.75. The van der Waals surface area contributed by atoms with E-state index in [1.165, 1.54) is 24.3 Å². The van der Waals surface area contributed by atoms with Gasteiger partial charge in [0.15, 0.2) is 6.61 Å². The summed E-state index contributed by atoms with van der Waals surface area (Å²) < 4.78 is 38.3. The molecule has 0 saturated carbocycles. The molecular weight excluding hydrogens is 366 g/mol. The molecule has 7 heteroatoms. The molecule has 2 rings (SSSR count). The molecule has 0 radical (unpaired) electrons. The lowest BCUT2D eigenvalue weighted by atomic mass is 9.99. The van der Waals surface area contributed by atoms with Crippen molar-refractivity contribution in [3.63, 3.8) is 0 Å². The third-order valence-electron chi connectivity index (χ3n) is 3.96. The van der Waals surface area contributed by atoms with Crippen molar-refractivity contribution in [2.75, 3.05) is 17.9 Å². The number of carbonyl (C=O) groups excluding carboxylic acids is 1. The highest BCUT2D eigenvalue weighted by Crippen LogP contribution is 2.29. The van der Waals surface area contributed by atoms with Gasteiger partial charge in [0.05, 0.1) is 17.2 Å². The molecule has 0 aromatic heterocycles. The van der Waals surface area contributed by atoms with Gasteiger partial charge in [-0.2, -0.15) is 0 Å². The van der Waals surface area contributed by atoms with Gasteiger partial charge in [0.2, 0.25) is 0 Å². The van der Waals surface area contributed by atoms with Gasteiger partial charge >= 0.3 is 5.97 Å². The lowest BCUT2D eigenvalue weighted by Gasteiger charge is -2.17. The van der Waals surface area contributed by atoms with E-state index in [-0.39, 0.29) is 24.0 Å². The minimum absolute atomic E-state index is 0.115. The molecule has 1 N–H and O–H groups in total. The number of ether oxygens (including phenoxy) is 2. The van der Waals surface area contributed by atoms with Crippen LogP contribution in [0.15, 0.2) is 47.4 Å². The first-order valence-corrected chi connectivity index (χ1v) is 10.2. The topological polar surface area (TPSA) is 81.7 Å². The Morgan fingerprint density at radius 3 is 2.37 bits per heavy atom. The van der Waals surface area contributed by atoms with Gasteiger partial charge in [0.1, 0.15) is 5.75 Å². The molecule has 0 amide bonds. The van der Waals surface area contributed by atoms with E-state index in [1.54, 1.807) is 6.92 Å². The highest BCUT2D eigenvalue weighted by Gasteiger charge is 2.18. The van der Waals surface area contributed by atoms with Gasteiger partial charge in [0.25, 0.3) is 10.0 Å². The maximum Gasteiger partial charge on any atom is 0.344 e. The summed E-state index contributed by atoms with van der Waals surface area (Å²) in [4.78, 5) is 11.4. The van der Waals surface area contributed by atoms with Crippen molar-refractivity contribution >= 4 is 21.7 Å². The second kappa shape index (κ2) is 8.90. The normalized spacial score (nSPS) is 11.3. The van der Waals surface area contributed by atoms with Crippen LogP contribution in [0.5, 0.6) is 5.75 Å². The summed E-state index contributed by atoms with van der Waals surface area (Å²) >= 11 is 0. The van der Waals surface area contributed by atoms with Crippen molar-refractivity contribution in [3.8, 4) is 5.75 Å². The summed E-state index contributed by atoms with van der Waals surface area (Å²) in [5.41, 5.74) is 2.40. The quantitative estimate of drug-likeness (QED) is 0.691. The van der Waals surface area contributed by atoms with Crippen LogP contribution in [0.3, 0.4) is 0 Å². The zero-order valence-electron chi connectivity index (χ0n) is 16.0. The Labute approximate surface area is 160 Å². The van der Waals surface area contributed by atoms with Crippen LogP contribution >= 0.6 is 0 Å². The highest BCUT2D eigenvalue weighted by molar-refractivity contribution is 7.92. The van der Waals surface area contributed by atoms with Crippen molar-refractivity contribution in [2.24, 2.45) is 0 Å². The molecule has 0 atom stereocenters. The fourth-order valence-corrected chi connectivity index (χ4v) is 3.72. The third-order valence-corrected chi connectivity index (χ3v) is 5.33. The van der Waals surface area contributed by atoms with Gasteiger partial charge in [-0.15, -0.1) is 0 Å². The number of esters is 1. The average molecular weight is 391 g/mol. The van der Waals surface area contributed by atoms with Crippen LogP contribution in [0.1, 0.15) is 37.8 Å². The summed E-state index contributed by atoms with van der Waals surface area (Å²) in [5.74, 6) is 0.0960. The average Bonchev–Trinajstić information content (AvgIpc) is 2.62. The number of para-hydroxylation sites is 1. The first-order valence-electron chi connectivity index (χ1n) is 8.75. The molecule has 0 unspecified atom stereocenters. The summed E-state index contributed by atoms with van der Waals surface area (Å²) in [7, 11) is -3.75. The van der Waals surface area contributed by atoms with Crippen molar-refractivity contribution in [1.29, 1.82) is 0 Å². The zero-order valence-corrected chi connectivity index (χ0v) is 16.8. The summed E-state index contributed by atoms with van der Waals surface area (Å²) in [6.07, 6.45) is 0. The Morgan fingerprint density at radius 1 is 1.11 bits per heavy atom. The van der Waals surface area contributed by atoms with Crippen molar-refractivity contribution < 1.29 is 22.7 Å². The second-order valence-electron chi connectivity index (χ2n) is 6.36. The van der Waals surface area contributed by atoms with Crippen LogP contribution in [0.4, 0.5) is 5.69 Å². The number of rotatable bonds is 8. The Hall–Kier alpha value is -2.54. The number of hydrogen-bond donors (Lipinski definition) is 1. The fraction of sp³-hybridized carbons (Fsp3) is 0.350. The van der Waals surface area contributed by atoms with Gasteiger partial charge in [0, 0.05) is 0 Å². The number of hydrogen-bond acceptors (Lipinski definition) is 5. The molecule has 2 aromatic carbocycles. The third kappa shape index (κ3) is 5.47. The number of nitrogens with one attached hydrogen (secondary N) is 1. The van der Waals surface area contributed by atoms with E-state index in [4.69, 9.17) is 9.47 Å². The van der Waals surface area contributed by atoms with Crippen molar-refractivity contribution in [2.45, 2.75) is 38.5 Å². The maximum absolute atomic E-state index is 12.8. The van der Waals surface area contributed by atoms with Gasteiger partial charge in [-0.25, -0.2) is 13.2 Å². The Bertz CT molecular complexity index is 889. The number of carbonyl (C=O) groups is 1. The SMILES string of the molecule is CCOC(=O)COc1ccc(S(=O)(=O)Nc2c(C)cccc2C(C)C)cc1. The summed E-state index contributed by atoms with van der Waals surface area (Å²) in [6, 6.07) is 11.6. The van der Waals surface area contributed by atoms with E-state index in [1.807, 2.05) is 39.0 Å². The van der Waals surface area contributed by atoms with Crippen LogP contribution in [-0.2, 0) is 19.6 Å². The molecule has 27 heavy (non-hydrogen) atoms. The van der Waals surface area contributed by atoms with E-state index in [9.17, 15) is 13.2 Å². The van der Waals surface area contributed by atoms with E-state index < -0.39 is 16.0 Å². The van der Waals surface area contributed by atoms with E-state index in [2.05, 4.69) is 4.72 Å². The van der Waals surface area contributed by atoms with E-state index in [0.29, 0.717) is 11.4 Å². The van der Waals surface area contributed by atoms with E-state index in [0.717, 1.165) is 11.1 Å². The predicted octanol–water partition coefficient (Wildman–Crippen LogP) is 3.86. The Kier molecular flexibility index (Phi) is 6.85. The smallest absolute Gasteiger partial charge is 0.344 e. The van der Waals surface area contributed by atoms with Crippen molar-refractivity contribution in [1.82, 2.24) is 0 Å². The maximum atomic E-state index is 12.8. The van der Waals surface area contributed by atoms with Crippen LogP contribution in [0.25, 0.3) is 0 Å². The highest BCUT2D eigenvalue weighted by atomic mass is 32.2. The number of anilines is 1. The Morgan fingerprint density at radius 2 is 1.78 bits per heavy atom. The number of aryl methyl sites for hydroxylation is 1. The lowest BCUT2D eigenvalue weighted by molar-refractivity contribution is -0.145. The molecule has 0 bridgehead atoms. The van der Waals surface area contributed by atoms with Gasteiger partial charge < -0.3 is 9.47 Å². The fourth-order valence-electron chi connectivity index (χ4n) is 2.56.